The first-order chi connectivity index (χ1) is 17.2. The van der Waals surface area contributed by atoms with Crippen molar-refractivity contribution >= 4 is 28.7 Å². The molecular weight excluding hydrogens is 484 g/mol. The molecule has 0 aromatic heterocycles. The van der Waals surface area contributed by atoms with Crippen LogP contribution in [0.5, 0.6) is 0 Å². The summed E-state index contributed by atoms with van der Waals surface area (Å²) in [7, 11) is 1.55. The van der Waals surface area contributed by atoms with E-state index in [2.05, 4.69) is 20.7 Å². The molecule has 0 saturated heterocycles. The van der Waals surface area contributed by atoms with Gasteiger partial charge in [-0.15, -0.1) is 0 Å². The molecule has 0 spiro atoms. The molecule has 1 aliphatic rings. The molecule has 0 radical (unpaired) electrons. The molecule has 11 heteroatoms. The molecule has 0 saturated carbocycles. The van der Waals surface area contributed by atoms with Crippen LogP contribution in [0.1, 0.15) is 37.8 Å². The third-order valence-electron chi connectivity index (χ3n) is 5.78. The number of carbonyl (C=O) groups excluding carboxylic acids is 1. The minimum Gasteiger partial charge on any atom is -0.356 e. The number of hydrogen-bond acceptors (Lipinski definition) is 6. The van der Waals surface area contributed by atoms with Crippen LogP contribution in [0.15, 0.2) is 58.6 Å². The number of nitriles is 1. The maximum absolute atomic E-state index is 14.8. The highest BCUT2D eigenvalue weighted by atomic mass is 32.2. The van der Waals surface area contributed by atoms with E-state index in [1.165, 1.54) is 16.8 Å². The van der Waals surface area contributed by atoms with Crippen LogP contribution in [0.25, 0.3) is 0 Å². The van der Waals surface area contributed by atoms with E-state index in [9.17, 15) is 13.6 Å². The minimum atomic E-state index is -1.05. The summed E-state index contributed by atoms with van der Waals surface area (Å²) in [6.45, 7) is 4.10. The first-order valence-corrected chi connectivity index (χ1v) is 12.3. The van der Waals surface area contributed by atoms with Gasteiger partial charge >= 0.3 is 0 Å². The molecule has 36 heavy (non-hydrogen) atoms. The second kappa shape index (κ2) is 12.0. The Bertz CT molecular complexity index is 1180. The van der Waals surface area contributed by atoms with Crippen LogP contribution in [0.2, 0.25) is 0 Å². The van der Waals surface area contributed by atoms with E-state index < -0.39 is 28.5 Å². The van der Waals surface area contributed by atoms with Crippen molar-refractivity contribution in [1.82, 2.24) is 15.6 Å². The van der Waals surface area contributed by atoms with Crippen molar-refractivity contribution in [2.24, 2.45) is 21.7 Å². The molecule has 3 rings (SSSR count). The molecular formula is C25H29F2N7OS. The summed E-state index contributed by atoms with van der Waals surface area (Å²) in [5, 5.41) is 20.4. The zero-order chi connectivity index (χ0) is 26.3. The average Bonchev–Trinajstić information content (AvgIpc) is 3.27. The Morgan fingerprint density at radius 1 is 1.28 bits per heavy atom. The Morgan fingerprint density at radius 2 is 2.00 bits per heavy atom. The molecule has 0 bridgehead atoms. The Hall–Kier alpha value is -3.49. The molecule has 2 aromatic rings. The van der Waals surface area contributed by atoms with Crippen molar-refractivity contribution < 1.29 is 13.6 Å². The summed E-state index contributed by atoms with van der Waals surface area (Å²) in [5.41, 5.74) is 7.00. The highest BCUT2D eigenvalue weighted by molar-refractivity contribution is 8.15. The number of guanidine groups is 1. The number of rotatable bonds is 8. The van der Waals surface area contributed by atoms with E-state index in [-0.39, 0.29) is 16.5 Å². The van der Waals surface area contributed by atoms with Gasteiger partial charge in [0.25, 0.3) is 5.91 Å². The smallest absolute Gasteiger partial charge is 0.261 e. The zero-order valence-corrected chi connectivity index (χ0v) is 21.1. The van der Waals surface area contributed by atoms with Gasteiger partial charge in [0.15, 0.2) is 6.19 Å². The number of carbonyl (C=O) groups is 1. The van der Waals surface area contributed by atoms with E-state index >= 15 is 0 Å². The number of thioether (sulfide) groups is 1. The fourth-order valence-electron chi connectivity index (χ4n) is 3.77. The van der Waals surface area contributed by atoms with E-state index in [1.54, 1.807) is 7.05 Å². The Labute approximate surface area is 213 Å². The summed E-state index contributed by atoms with van der Waals surface area (Å²) in [6, 6.07) is 11.6. The number of benzene rings is 2. The summed E-state index contributed by atoms with van der Waals surface area (Å²) < 4.78 is 28.8. The maximum Gasteiger partial charge on any atom is 0.261 e. The highest BCUT2D eigenvalue weighted by Crippen LogP contribution is 2.50. The van der Waals surface area contributed by atoms with Gasteiger partial charge in [-0.3, -0.25) is 15.1 Å². The quantitative estimate of drug-likeness (QED) is 0.164. The number of aliphatic imine (C=N–C) groups is 1. The van der Waals surface area contributed by atoms with Crippen molar-refractivity contribution in [3.63, 3.8) is 0 Å². The monoisotopic (exact) mass is 513 g/mol. The van der Waals surface area contributed by atoms with Gasteiger partial charge in [-0.1, -0.05) is 55.9 Å². The molecule has 1 amide bonds. The number of nitrogens with one attached hydrogen (secondary N) is 2. The molecule has 1 heterocycles. The van der Waals surface area contributed by atoms with E-state index in [0.29, 0.717) is 25.3 Å². The number of nitrogens with two attached hydrogens (primary N) is 1. The lowest BCUT2D eigenvalue weighted by Crippen LogP contribution is -2.50. The zero-order valence-electron chi connectivity index (χ0n) is 20.3. The number of hydrazone groups is 1. The van der Waals surface area contributed by atoms with E-state index in [1.807, 2.05) is 50.4 Å². The van der Waals surface area contributed by atoms with Crippen molar-refractivity contribution in [2.45, 2.75) is 37.6 Å². The third-order valence-corrected chi connectivity index (χ3v) is 7.22. The standard InChI is InChI=1S/C25H29F2N7OS/c1-16(2)21(29)23(35)34-25(17-8-5-4-6-9-17,12-7-13-31-24(30-3)32-15-28)36-22(33-34)19-14-18(26)10-11-20(19)27/h4-6,8-11,14,16,21H,7,12-13,29H2,1-3H3,(H2,30,31,32). The molecule has 2 aromatic carbocycles. The summed E-state index contributed by atoms with van der Waals surface area (Å²) in [4.78, 5) is 16.5. The topological polar surface area (TPSA) is 119 Å². The average molecular weight is 514 g/mol. The summed E-state index contributed by atoms with van der Waals surface area (Å²) in [6.07, 6.45) is 2.75. The van der Waals surface area contributed by atoms with Crippen molar-refractivity contribution in [1.29, 1.82) is 5.26 Å². The lowest BCUT2D eigenvalue weighted by molar-refractivity contribution is -0.137. The first kappa shape index (κ1) is 27.1. The second-order valence-electron chi connectivity index (χ2n) is 8.54. The Kier molecular flexibility index (Phi) is 9.01. The lowest BCUT2D eigenvalue weighted by atomic mass is 9.98. The highest BCUT2D eigenvalue weighted by Gasteiger charge is 2.49. The van der Waals surface area contributed by atoms with Crippen LogP contribution in [0, 0.1) is 29.0 Å². The van der Waals surface area contributed by atoms with Crippen LogP contribution in [0.3, 0.4) is 0 Å². The Morgan fingerprint density at radius 3 is 2.64 bits per heavy atom. The lowest BCUT2D eigenvalue weighted by Gasteiger charge is -2.37. The van der Waals surface area contributed by atoms with Crippen LogP contribution >= 0.6 is 11.8 Å². The molecule has 8 nitrogen and oxygen atoms in total. The van der Waals surface area contributed by atoms with Crippen molar-refractivity contribution in [3.05, 3.63) is 71.3 Å². The van der Waals surface area contributed by atoms with Gasteiger partial charge in [0.1, 0.15) is 21.5 Å². The first-order valence-electron chi connectivity index (χ1n) is 11.5. The fraction of sp³-hybridized carbons (Fsp3) is 0.360. The minimum absolute atomic E-state index is 0.0227. The van der Waals surface area contributed by atoms with Gasteiger partial charge in [0.05, 0.1) is 6.04 Å². The van der Waals surface area contributed by atoms with Crippen molar-refractivity contribution in [3.8, 4) is 6.19 Å². The third kappa shape index (κ3) is 5.83. The van der Waals surface area contributed by atoms with Gasteiger partial charge in [-0.25, -0.2) is 13.8 Å². The van der Waals surface area contributed by atoms with E-state index in [4.69, 9.17) is 11.0 Å². The molecule has 1 aliphatic heterocycles. The molecule has 4 N–H and O–H groups in total. The predicted octanol–water partition coefficient (Wildman–Crippen LogP) is 3.46. The van der Waals surface area contributed by atoms with Gasteiger partial charge in [0.2, 0.25) is 5.96 Å². The second-order valence-corrected chi connectivity index (χ2v) is 9.81. The fourth-order valence-corrected chi connectivity index (χ4v) is 5.19. The molecule has 190 valence electrons. The van der Waals surface area contributed by atoms with Crippen molar-refractivity contribution in [2.75, 3.05) is 13.6 Å². The molecule has 2 atom stereocenters. The van der Waals surface area contributed by atoms with E-state index in [0.717, 1.165) is 23.8 Å². The number of hydrogen-bond donors (Lipinski definition) is 3. The summed E-state index contributed by atoms with van der Waals surface area (Å²) >= 11 is 1.19. The van der Waals surface area contributed by atoms with Gasteiger partial charge in [-0.05, 0) is 42.5 Å². The molecule has 2 unspecified atom stereocenters. The van der Waals surface area contributed by atoms with Crippen LogP contribution in [0.4, 0.5) is 8.78 Å². The number of amides is 1. The Balaban J connectivity index is 2.04. The largest absolute Gasteiger partial charge is 0.356 e. The molecule has 0 aliphatic carbocycles. The van der Waals surface area contributed by atoms with Crippen LogP contribution in [-0.4, -0.2) is 41.6 Å². The number of halogens is 2. The van der Waals surface area contributed by atoms with Gasteiger partial charge < -0.3 is 11.1 Å². The van der Waals surface area contributed by atoms with Gasteiger partial charge in [-0.2, -0.15) is 10.4 Å². The number of nitrogens with zero attached hydrogens (tertiary/aromatic N) is 4. The summed E-state index contributed by atoms with van der Waals surface area (Å²) in [5.74, 6) is -1.51. The van der Waals surface area contributed by atoms with Gasteiger partial charge in [0, 0.05) is 19.2 Å². The van der Waals surface area contributed by atoms with Crippen LogP contribution < -0.4 is 16.4 Å². The maximum atomic E-state index is 14.8. The predicted molar refractivity (Wildman–Crippen MR) is 138 cm³/mol. The van der Waals surface area contributed by atoms with Crippen LogP contribution in [-0.2, 0) is 9.67 Å². The molecule has 0 fully saturated rings. The SMILES string of the molecule is CN=C(NC#N)NCCCC1(c2ccccc2)SC(c2cc(F)ccc2F)=NN1C(=O)C(N)C(C)C. The normalized spacial score (nSPS) is 18.6.